The summed E-state index contributed by atoms with van der Waals surface area (Å²) in [5, 5.41) is 0.592. The number of ether oxygens (including phenoxy) is 1. The minimum Gasteiger partial charge on any atom is -0.492 e. The maximum atomic E-state index is 6.16. The summed E-state index contributed by atoms with van der Waals surface area (Å²) in [6, 6.07) is 5.14. The zero-order chi connectivity index (χ0) is 13.7. The van der Waals surface area contributed by atoms with Gasteiger partial charge < -0.3 is 10.5 Å². The van der Waals surface area contributed by atoms with Gasteiger partial charge in [0.05, 0.1) is 29.6 Å². The van der Waals surface area contributed by atoms with Crippen LogP contribution in [0.25, 0.3) is 0 Å². The number of pyridine rings is 2. The van der Waals surface area contributed by atoms with E-state index in [-0.39, 0.29) is 6.04 Å². The molecule has 2 N–H and O–H groups in total. The predicted octanol–water partition coefficient (Wildman–Crippen LogP) is 2.97. The van der Waals surface area contributed by atoms with E-state index in [2.05, 4.69) is 16.9 Å². The van der Waals surface area contributed by atoms with Crippen LogP contribution in [0.3, 0.4) is 0 Å². The summed E-state index contributed by atoms with van der Waals surface area (Å²) < 4.78 is 5.54. The van der Waals surface area contributed by atoms with Crippen LogP contribution in [0.15, 0.2) is 36.8 Å². The second-order valence-electron chi connectivity index (χ2n) is 4.18. The van der Waals surface area contributed by atoms with E-state index in [0.717, 1.165) is 23.4 Å². The lowest BCUT2D eigenvalue weighted by atomic mass is 10.1. The number of aromatic nitrogens is 2. The predicted molar refractivity (Wildman–Crippen MR) is 75.3 cm³/mol. The zero-order valence-electron chi connectivity index (χ0n) is 10.7. The Balaban J connectivity index is 2.18. The summed E-state index contributed by atoms with van der Waals surface area (Å²) in [7, 11) is 0. The molecule has 100 valence electrons. The highest BCUT2D eigenvalue weighted by molar-refractivity contribution is 6.30. The van der Waals surface area contributed by atoms with Gasteiger partial charge >= 0.3 is 0 Å². The zero-order valence-corrected chi connectivity index (χ0v) is 11.5. The van der Waals surface area contributed by atoms with Crippen molar-refractivity contribution in [1.29, 1.82) is 0 Å². The van der Waals surface area contributed by atoms with Gasteiger partial charge in [0, 0.05) is 12.4 Å². The van der Waals surface area contributed by atoms with Gasteiger partial charge in [-0.15, -0.1) is 0 Å². The van der Waals surface area contributed by atoms with Gasteiger partial charge in [0.25, 0.3) is 0 Å². The number of hydrogen-bond donors (Lipinski definition) is 1. The molecule has 0 aliphatic heterocycles. The highest BCUT2D eigenvalue weighted by atomic mass is 35.5. The fraction of sp³-hybridized carbons (Fsp3) is 0.286. The van der Waals surface area contributed by atoms with Gasteiger partial charge in [-0.1, -0.05) is 18.5 Å². The Bertz CT molecular complexity index is 530. The van der Waals surface area contributed by atoms with Crippen molar-refractivity contribution in [3.63, 3.8) is 0 Å². The average Bonchev–Trinajstić information content (AvgIpc) is 2.45. The largest absolute Gasteiger partial charge is 0.492 e. The third-order valence-corrected chi connectivity index (χ3v) is 2.86. The van der Waals surface area contributed by atoms with Gasteiger partial charge in [-0.05, 0) is 30.2 Å². The molecule has 2 aromatic rings. The molecule has 4 nitrogen and oxygen atoms in total. The Labute approximate surface area is 117 Å². The van der Waals surface area contributed by atoms with E-state index >= 15 is 0 Å². The molecule has 2 heterocycles. The van der Waals surface area contributed by atoms with Crippen LogP contribution < -0.4 is 10.5 Å². The first kappa shape index (κ1) is 13.8. The number of hydrogen-bond acceptors (Lipinski definition) is 4. The molecule has 1 atom stereocenters. The van der Waals surface area contributed by atoms with Crippen LogP contribution in [0.2, 0.25) is 5.02 Å². The van der Waals surface area contributed by atoms with Crippen LogP contribution in [0.5, 0.6) is 5.75 Å². The standard InChI is InChI=1S/C14H16ClN3O/c1-2-5-19-12-6-10(7-17-9-12)14(16)13-4-3-11(15)8-18-13/h3-4,6-9,14H,2,5,16H2,1H3. The molecule has 19 heavy (non-hydrogen) atoms. The van der Waals surface area contributed by atoms with Crippen molar-refractivity contribution in [2.45, 2.75) is 19.4 Å². The SMILES string of the molecule is CCCOc1cncc(C(N)c2ccc(Cl)cn2)c1. The summed E-state index contributed by atoms with van der Waals surface area (Å²) in [4.78, 5) is 8.36. The molecule has 5 heteroatoms. The van der Waals surface area contributed by atoms with Gasteiger partial charge in [-0.3, -0.25) is 9.97 Å². The molecule has 0 aliphatic rings. The normalized spacial score (nSPS) is 12.2. The summed E-state index contributed by atoms with van der Waals surface area (Å²) in [6.45, 7) is 2.72. The molecular weight excluding hydrogens is 262 g/mol. The second-order valence-corrected chi connectivity index (χ2v) is 4.62. The minimum absolute atomic E-state index is 0.338. The van der Waals surface area contributed by atoms with E-state index < -0.39 is 0 Å². The summed E-state index contributed by atoms with van der Waals surface area (Å²) in [6.07, 6.45) is 5.94. The third kappa shape index (κ3) is 3.66. The van der Waals surface area contributed by atoms with Gasteiger partial charge in [0.15, 0.2) is 0 Å². The first-order chi connectivity index (χ1) is 9.20. The molecule has 1 unspecified atom stereocenters. The number of nitrogens with two attached hydrogens (primary N) is 1. The molecule has 0 aromatic carbocycles. The first-order valence-corrected chi connectivity index (χ1v) is 6.53. The van der Waals surface area contributed by atoms with Crippen molar-refractivity contribution < 1.29 is 4.74 Å². The quantitative estimate of drug-likeness (QED) is 0.913. The molecule has 0 amide bonds. The van der Waals surface area contributed by atoms with Crippen molar-refractivity contribution in [3.8, 4) is 5.75 Å². The summed E-state index contributed by atoms with van der Waals surface area (Å²) in [5.41, 5.74) is 7.78. The Hall–Kier alpha value is -1.65. The van der Waals surface area contributed by atoms with E-state index in [0.29, 0.717) is 11.6 Å². The van der Waals surface area contributed by atoms with Crippen molar-refractivity contribution in [2.24, 2.45) is 5.73 Å². The van der Waals surface area contributed by atoms with Crippen molar-refractivity contribution in [1.82, 2.24) is 9.97 Å². The molecule has 0 fully saturated rings. The maximum Gasteiger partial charge on any atom is 0.137 e. The molecule has 0 radical (unpaired) electrons. The minimum atomic E-state index is -0.338. The van der Waals surface area contributed by atoms with Crippen molar-refractivity contribution >= 4 is 11.6 Å². The Kier molecular flexibility index (Phi) is 4.71. The first-order valence-electron chi connectivity index (χ1n) is 6.15. The lowest BCUT2D eigenvalue weighted by Gasteiger charge is -2.12. The Morgan fingerprint density at radius 3 is 2.84 bits per heavy atom. The maximum absolute atomic E-state index is 6.16. The molecule has 0 saturated carbocycles. The van der Waals surface area contributed by atoms with E-state index in [1.54, 1.807) is 24.7 Å². The summed E-state index contributed by atoms with van der Waals surface area (Å²) in [5.74, 6) is 0.726. The van der Waals surface area contributed by atoms with Crippen molar-refractivity contribution in [3.05, 3.63) is 53.1 Å². The van der Waals surface area contributed by atoms with Gasteiger partial charge in [0.2, 0.25) is 0 Å². The highest BCUT2D eigenvalue weighted by Crippen LogP contribution is 2.21. The van der Waals surface area contributed by atoms with Gasteiger partial charge in [-0.2, -0.15) is 0 Å². The lowest BCUT2D eigenvalue weighted by molar-refractivity contribution is 0.315. The molecule has 0 spiro atoms. The van der Waals surface area contributed by atoms with Crippen molar-refractivity contribution in [2.75, 3.05) is 6.61 Å². The third-order valence-electron chi connectivity index (χ3n) is 2.64. The number of rotatable bonds is 5. The lowest BCUT2D eigenvalue weighted by Crippen LogP contribution is -2.13. The fourth-order valence-corrected chi connectivity index (χ4v) is 1.76. The number of nitrogens with zero attached hydrogens (tertiary/aromatic N) is 2. The van der Waals surface area contributed by atoms with E-state index in [9.17, 15) is 0 Å². The topological polar surface area (TPSA) is 61.0 Å². The van der Waals surface area contributed by atoms with E-state index in [4.69, 9.17) is 22.1 Å². The van der Waals surface area contributed by atoms with E-state index in [1.807, 2.05) is 12.1 Å². The second kappa shape index (κ2) is 6.50. The van der Waals surface area contributed by atoms with Gasteiger partial charge in [0.1, 0.15) is 5.75 Å². The van der Waals surface area contributed by atoms with Crippen LogP contribution in [0, 0.1) is 0 Å². The Morgan fingerprint density at radius 2 is 2.16 bits per heavy atom. The molecule has 2 rings (SSSR count). The number of halogens is 1. The highest BCUT2D eigenvalue weighted by Gasteiger charge is 2.11. The monoisotopic (exact) mass is 277 g/mol. The molecule has 0 aliphatic carbocycles. The summed E-state index contributed by atoms with van der Waals surface area (Å²) >= 11 is 5.81. The van der Waals surface area contributed by atoms with Crippen LogP contribution in [0.1, 0.15) is 30.6 Å². The molecule has 2 aromatic heterocycles. The smallest absolute Gasteiger partial charge is 0.137 e. The van der Waals surface area contributed by atoms with E-state index in [1.165, 1.54) is 0 Å². The fourth-order valence-electron chi connectivity index (χ4n) is 1.65. The van der Waals surface area contributed by atoms with Gasteiger partial charge in [-0.25, -0.2) is 0 Å². The molecule has 0 bridgehead atoms. The van der Waals surface area contributed by atoms with Crippen LogP contribution >= 0.6 is 11.6 Å². The van der Waals surface area contributed by atoms with Crippen LogP contribution in [0.4, 0.5) is 0 Å². The molecule has 0 saturated heterocycles. The Morgan fingerprint density at radius 1 is 1.32 bits per heavy atom. The van der Waals surface area contributed by atoms with Crippen LogP contribution in [-0.4, -0.2) is 16.6 Å². The average molecular weight is 278 g/mol. The van der Waals surface area contributed by atoms with Crippen LogP contribution in [-0.2, 0) is 0 Å². The molecular formula is C14H16ClN3O.